The first-order valence-corrected chi connectivity index (χ1v) is 8.68. The number of amides is 1. The van der Waals surface area contributed by atoms with Crippen LogP contribution in [-0.2, 0) is 0 Å². The van der Waals surface area contributed by atoms with E-state index in [0.29, 0.717) is 12.1 Å². The van der Waals surface area contributed by atoms with Crippen LogP contribution in [0.5, 0.6) is 0 Å². The van der Waals surface area contributed by atoms with Crippen molar-refractivity contribution in [3.8, 4) is 0 Å². The topological polar surface area (TPSA) is 49.0 Å². The molecule has 1 aliphatic heterocycles. The molecule has 3 aromatic rings. The van der Waals surface area contributed by atoms with E-state index >= 15 is 0 Å². The Bertz CT molecular complexity index is 887. The van der Waals surface area contributed by atoms with E-state index in [4.69, 9.17) is 0 Å². The fourth-order valence-corrected chi connectivity index (χ4v) is 3.58. The van der Waals surface area contributed by atoms with Gasteiger partial charge in [-0.25, -0.2) is 9.37 Å². The SMILES string of the molecule is O=C(c1ccc2nc[nH]c2c1)N1CCCC[C@H](c2ccc(F)cc2)C1. The van der Waals surface area contributed by atoms with Crippen LogP contribution in [0.2, 0.25) is 0 Å². The lowest BCUT2D eigenvalue weighted by Gasteiger charge is -2.25. The maximum atomic E-state index is 13.2. The highest BCUT2D eigenvalue weighted by molar-refractivity contribution is 5.97. The van der Waals surface area contributed by atoms with Crippen LogP contribution in [0.1, 0.15) is 41.1 Å². The Hall–Kier alpha value is -2.69. The lowest BCUT2D eigenvalue weighted by molar-refractivity contribution is 0.0754. The van der Waals surface area contributed by atoms with E-state index in [1.165, 1.54) is 12.1 Å². The summed E-state index contributed by atoms with van der Waals surface area (Å²) in [6, 6.07) is 12.2. The minimum absolute atomic E-state index is 0.0468. The average molecular weight is 337 g/mol. The van der Waals surface area contributed by atoms with Gasteiger partial charge in [-0.1, -0.05) is 18.6 Å². The number of carbonyl (C=O) groups is 1. The zero-order valence-corrected chi connectivity index (χ0v) is 13.9. The first-order chi connectivity index (χ1) is 12.2. The summed E-state index contributed by atoms with van der Waals surface area (Å²) in [7, 11) is 0. The fourth-order valence-electron chi connectivity index (χ4n) is 3.58. The summed E-state index contributed by atoms with van der Waals surface area (Å²) in [5, 5.41) is 0. The Morgan fingerprint density at radius 3 is 2.84 bits per heavy atom. The molecule has 25 heavy (non-hydrogen) atoms. The minimum Gasteiger partial charge on any atom is -0.345 e. The van der Waals surface area contributed by atoms with Crippen molar-refractivity contribution in [1.29, 1.82) is 0 Å². The van der Waals surface area contributed by atoms with Gasteiger partial charge in [-0.3, -0.25) is 4.79 Å². The third kappa shape index (κ3) is 3.27. The summed E-state index contributed by atoms with van der Waals surface area (Å²) in [4.78, 5) is 22.2. The number of nitrogens with zero attached hydrogens (tertiary/aromatic N) is 2. The number of benzene rings is 2. The predicted molar refractivity (Wildman–Crippen MR) is 95.0 cm³/mol. The van der Waals surface area contributed by atoms with Crippen molar-refractivity contribution in [3.63, 3.8) is 0 Å². The standard InChI is InChI=1S/C20H20FN3O/c21-17-7-4-14(5-8-17)16-3-1-2-10-24(12-16)20(25)15-6-9-18-19(11-15)23-13-22-18/h4-9,11,13,16H,1-3,10,12H2,(H,22,23)/t16-/m0/s1. The summed E-state index contributed by atoms with van der Waals surface area (Å²) in [5.74, 6) is 0.0756. The van der Waals surface area contributed by atoms with E-state index in [1.807, 2.05) is 35.2 Å². The number of H-pyrrole nitrogens is 1. The zero-order valence-electron chi connectivity index (χ0n) is 13.9. The number of carbonyl (C=O) groups excluding carboxylic acids is 1. The van der Waals surface area contributed by atoms with Crippen molar-refractivity contribution in [2.45, 2.75) is 25.2 Å². The molecule has 1 atom stereocenters. The Balaban J connectivity index is 1.57. The van der Waals surface area contributed by atoms with Gasteiger partial charge in [0, 0.05) is 24.6 Å². The van der Waals surface area contributed by atoms with Crippen LogP contribution in [0.4, 0.5) is 4.39 Å². The van der Waals surface area contributed by atoms with Gasteiger partial charge in [-0.05, 0) is 48.7 Å². The van der Waals surface area contributed by atoms with E-state index < -0.39 is 0 Å². The molecule has 4 nitrogen and oxygen atoms in total. The summed E-state index contributed by atoms with van der Waals surface area (Å²) in [6.07, 6.45) is 4.73. The van der Waals surface area contributed by atoms with Crippen molar-refractivity contribution in [2.24, 2.45) is 0 Å². The number of aromatic nitrogens is 2. The molecule has 1 fully saturated rings. The van der Waals surface area contributed by atoms with Crippen molar-refractivity contribution in [3.05, 3.63) is 65.7 Å². The van der Waals surface area contributed by atoms with Gasteiger partial charge in [0.1, 0.15) is 5.82 Å². The first-order valence-electron chi connectivity index (χ1n) is 8.68. The highest BCUT2D eigenvalue weighted by Crippen LogP contribution is 2.27. The lowest BCUT2D eigenvalue weighted by Crippen LogP contribution is -2.34. The number of likely N-dealkylation sites (tertiary alicyclic amines) is 1. The van der Waals surface area contributed by atoms with Crippen molar-refractivity contribution in [1.82, 2.24) is 14.9 Å². The number of aromatic amines is 1. The molecule has 0 unspecified atom stereocenters. The van der Waals surface area contributed by atoms with Crippen molar-refractivity contribution in [2.75, 3.05) is 13.1 Å². The highest BCUT2D eigenvalue weighted by atomic mass is 19.1. The molecular formula is C20H20FN3O. The molecule has 1 aromatic heterocycles. The molecule has 0 aliphatic carbocycles. The predicted octanol–water partition coefficient (Wildman–Crippen LogP) is 4.11. The highest BCUT2D eigenvalue weighted by Gasteiger charge is 2.24. The van der Waals surface area contributed by atoms with Gasteiger partial charge in [-0.15, -0.1) is 0 Å². The van der Waals surface area contributed by atoms with Gasteiger partial charge < -0.3 is 9.88 Å². The van der Waals surface area contributed by atoms with Crippen LogP contribution in [-0.4, -0.2) is 33.9 Å². The largest absolute Gasteiger partial charge is 0.345 e. The molecule has 5 heteroatoms. The third-order valence-electron chi connectivity index (χ3n) is 4.97. The number of hydrogen-bond acceptors (Lipinski definition) is 2. The number of halogens is 1. The Morgan fingerprint density at radius 1 is 1.16 bits per heavy atom. The van der Waals surface area contributed by atoms with Crippen LogP contribution in [0.3, 0.4) is 0 Å². The van der Waals surface area contributed by atoms with E-state index in [9.17, 15) is 9.18 Å². The molecule has 0 spiro atoms. The molecule has 1 amide bonds. The molecule has 128 valence electrons. The van der Waals surface area contributed by atoms with Crippen molar-refractivity contribution >= 4 is 16.9 Å². The van der Waals surface area contributed by atoms with Crippen molar-refractivity contribution < 1.29 is 9.18 Å². The Labute approximate surface area is 145 Å². The minimum atomic E-state index is -0.224. The van der Waals surface area contributed by atoms with Crippen LogP contribution in [0.15, 0.2) is 48.8 Å². The molecule has 1 saturated heterocycles. The lowest BCUT2D eigenvalue weighted by atomic mass is 9.94. The number of fused-ring (bicyclic) bond motifs is 1. The van der Waals surface area contributed by atoms with Crippen LogP contribution in [0, 0.1) is 5.82 Å². The van der Waals surface area contributed by atoms with E-state index in [2.05, 4.69) is 9.97 Å². The van der Waals surface area contributed by atoms with Gasteiger partial charge in [0.05, 0.1) is 17.4 Å². The number of rotatable bonds is 2. The molecule has 0 bridgehead atoms. The smallest absolute Gasteiger partial charge is 0.253 e. The quantitative estimate of drug-likeness (QED) is 0.765. The number of hydrogen-bond donors (Lipinski definition) is 1. The summed E-state index contributed by atoms with van der Waals surface area (Å²) in [6.45, 7) is 1.43. The van der Waals surface area contributed by atoms with Gasteiger partial charge in [0.25, 0.3) is 5.91 Å². The molecule has 1 aliphatic rings. The molecule has 0 radical (unpaired) electrons. The summed E-state index contributed by atoms with van der Waals surface area (Å²) in [5.41, 5.74) is 3.51. The molecular weight excluding hydrogens is 317 g/mol. The number of imidazole rings is 1. The second-order valence-corrected chi connectivity index (χ2v) is 6.63. The van der Waals surface area contributed by atoms with E-state index in [1.54, 1.807) is 6.33 Å². The van der Waals surface area contributed by atoms with Gasteiger partial charge in [0.2, 0.25) is 0 Å². The maximum Gasteiger partial charge on any atom is 0.253 e. The molecule has 2 aromatic carbocycles. The normalized spacial score (nSPS) is 18.3. The fraction of sp³-hybridized carbons (Fsp3) is 0.300. The molecule has 1 N–H and O–H groups in total. The van der Waals surface area contributed by atoms with Gasteiger partial charge in [-0.2, -0.15) is 0 Å². The maximum absolute atomic E-state index is 13.2. The number of nitrogens with one attached hydrogen (secondary N) is 1. The van der Waals surface area contributed by atoms with Crippen LogP contribution < -0.4 is 0 Å². The van der Waals surface area contributed by atoms with Crippen LogP contribution in [0.25, 0.3) is 11.0 Å². The van der Waals surface area contributed by atoms with E-state index in [0.717, 1.165) is 42.4 Å². The monoisotopic (exact) mass is 337 g/mol. The average Bonchev–Trinajstić information content (AvgIpc) is 2.97. The van der Waals surface area contributed by atoms with Gasteiger partial charge >= 0.3 is 0 Å². The second-order valence-electron chi connectivity index (χ2n) is 6.63. The van der Waals surface area contributed by atoms with Gasteiger partial charge in [0.15, 0.2) is 0 Å². The third-order valence-corrected chi connectivity index (χ3v) is 4.97. The Morgan fingerprint density at radius 2 is 2.00 bits per heavy atom. The summed E-state index contributed by atoms with van der Waals surface area (Å²) < 4.78 is 13.2. The van der Waals surface area contributed by atoms with E-state index in [-0.39, 0.29) is 17.6 Å². The molecule has 4 rings (SSSR count). The summed E-state index contributed by atoms with van der Waals surface area (Å²) >= 11 is 0. The first kappa shape index (κ1) is 15.8. The van der Waals surface area contributed by atoms with Crippen LogP contribution >= 0.6 is 0 Å². The molecule has 2 heterocycles. The zero-order chi connectivity index (χ0) is 17.2. The molecule has 0 saturated carbocycles. The Kier molecular flexibility index (Phi) is 4.22. The second kappa shape index (κ2) is 6.67.